The van der Waals surface area contributed by atoms with E-state index in [0.29, 0.717) is 21.6 Å². The molecule has 0 saturated heterocycles. The Morgan fingerprint density at radius 2 is 1.93 bits per heavy atom. The standard InChI is InChI=1S/C20H15ClFN5O3/c21-13-5-3-12(4-6-13)20(22)8-14(9-20)27-19(29)30-16(25-27)10-26-11-24-17-15(18(26)28)2-1-7-23-17/h1-7,11,14H,8-10H2. The number of fused-ring (bicyclic) bond motifs is 1. The van der Waals surface area contributed by atoms with Crippen molar-refractivity contribution in [3.8, 4) is 0 Å². The second kappa shape index (κ2) is 6.88. The van der Waals surface area contributed by atoms with Gasteiger partial charge in [0.15, 0.2) is 5.65 Å². The molecule has 0 atom stereocenters. The fraction of sp³-hybridized carbons (Fsp3) is 0.250. The molecule has 5 rings (SSSR count). The molecule has 30 heavy (non-hydrogen) atoms. The second-order valence-electron chi connectivity index (χ2n) is 7.29. The summed E-state index contributed by atoms with van der Waals surface area (Å²) in [6.07, 6.45) is 3.08. The zero-order valence-corrected chi connectivity index (χ0v) is 16.3. The molecule has 3 heterocycles. The SMILES string of the molecule is O=c1c2cccnc2ncn1Cc1nn(C2CC(F)(c3ccc(Cl)cc3)C2)c(=O)o1. The zero-order valence-electron chi connectivity index (χ0n) is 15.5. The van der Waals surface area contributed by atoms with Gasteiger partial charge < -0.3 is 4.42 Å². The number of pyridine rings is 1. The fourth-order valence-corrected chi connectivity index (χ4v) is 3.85. The van der Waals surface area contributed by atoms with Gasteiger partial charge in [0, 0.05) is 24.1 Å². The summed E-state index contributed by atoms with van der Waals surface area (Å²) >= 11 is 5.86. The highest BCUT2D eigenvalue weighted by Gasteiger charge is 2.48. The van der Waals surface area contributed by atoms with Gasteiger partial charge in [0.25, 0.3) is 5.56 Å². The van der Waals surface area contributed by atoms with Gasteiger partial charge in [-0.05, 0) is 29.8 Å². The van der Waals surface area contributed by atoms with Crippen molar-refractivity contribution < 1.29 is 8.81 Å². The lowest BCUT2D eigenvalue weighted by Crippen LogP contribution is -2.41. The Kier molecular flexibility index (Phi) is 4.28. The molecule has 0 amide bonds. The summed E-state index contributed by atoms with van der Waals surface area (Å²) in [4.78, 5) is 33.0. The summed E-state index contributed by atoms with van der Waals surface area (Å²) in [7, 11) is 0. The third-order valence-corrected chi connectivity index (χ3v) is 5.59. The van der Waals surface area contributed by atoms with E-state index in [0.717, 1.165) is 4.68 Å². The highest BCUT2D eigenvalue weighted by Crippen LogP contribution is 2.51. The van der Waals surface area contributed by atoms with E-state index in [1.807, 2.05) is 0 Å². The predicted octanol–water partition coefficient (Wildman–Crippen LogP) is 2.84. The van der Waals surface area contributed by atoms with E-state index in [9.17, 15) is 9.59 Å². The van der Waals surface area contributed by atoms with Crippen molar-refractivity contribution in [2.75, 3.05) is 0 Å². The van der Waals surface area contributed by atoms with E-state index in [1.165, 1.54) is 10.9 Å². The summed E-state index contributed by atoms with van der Waals surface area (Å²) in [6.45, 7) is -0.0659. The average Bonchev–Trinajstić information content (AvgIpc) is 3.08. The molecule has 10 heteroatoms. The first-order valence-electron chi connectivity index (χ1n) is 9.27. The first kappa shape index (κ1) is 18.7. The fourth-order valence-electron chi connectivity index (χ4n) is 3.72. The molecule has 4 aromatic rings. The molecule has 152 valence electrons. The van der Waals surface area contributed by atoms with Crippen LogP contribution in [0.1, 0.15) is 30.3 Å². The molecule has 0 aliphatic heterocycles. The third-order valence-electron chi connectivity index (χ3n) is 5.34. The van der Waals surface area contributed by atoms with Crippen molar-refractivity contribution in [2.45, 2.75) is 31.1 Å². The highest BCUT2D eigenvalue weighted by molar-refractivity contribution is 6.30. The molecule has 1 aliphatic rings. The Bertz CT molecular complexity index is 1360. The maximum Gasteiger partial charge on any atom is 0.437 e. The molecule has 0 N–H and O–H groups in total. The molecule has 1 fully saturated rings. The summed E-state index contributed by atoms with van der Waals surface area (Å²) in [5, 5.41) is 5.05. The van der Waals surface area contributed by atoms with Crippen LogP contribution in [0.3, 0.4) is 0 Å². The lowest BCUT2D eigenvalue weighted by atomic mass is 9.73. The van der Waals surface area contributed by atoms with Crippen molar-refractivity contribution in [2.24, 2.45) is 0 Å². The van der Waals surface area contributed by atoms with Gasteiger partial charge in [-0.15, -0.1) is 5.10 Å². The van der Waals surface area contributed by atoms with E-state index in [2.05, 4.69) is 15.1 Å². The molecular weight excluding hydrogens is 413 g/mol. The minimum atomic E-state index is -1.54. The van der Waals surface area contributed by atoms with Crippen molar-refractivity contribution in [1.82, 2.24) is 24.3 Å². The minimum absolute atomic E-state index is 0.0509. The lowest BCUT2D eigenvalue weighted by molar-refractivity contribution is 0.00179. The van der Waals surface area contributed by atoms with E-state index < -0.39 is 17.5 Å². The van der Waals surface area contributed by atoms with Crippen LogP contribution in [0.2, 0.25) is 5.02 Å². The molecule has 8 nitrogen and oxygen atoms in total. The monoisotopic (exact) mass is 427 g/mol. The van der Waals surface area contributed by atoms with Crippen molar-refractivity contribution in [3.63, 3.8) is 0 Å². The van der Waals surface area contributed by atoms with Gasteiger partial charge in [-0.3, -0.25) is 9.36 Å². The summed E-state index contributed by atoms with van der Waals surface area (Å²) in [5.74, 6) is -0.633. The van der Waals surface area contributed by atoms with Crippen LogP contribution in [-0.2, 0) is 12.2 Å². The molecule has 1 aliphatic carbocycles. The predicted molar refractivity (Wildman–Crippen MR) is 106 cm³/mol. The number of hydrogen-bond donors (Lipinski definition) is 0. The average molecular weight is 428 g/mol. The van der Waals surface area contributed by atoms with Gasteiger partial charge in [-0.25, -0.2) is 19.2 Å². The van der Waals surface area contributed by atoms with Crippen LogP contribution in [0.15, 0.2) is 62.9 Å². The molecule has 1 aromatic carbocycles. The molecule has 0 unspecified atom stereocenters. The maximum atomic E-state index is 15.1. The largest absolute Gasteiger partial charge is 0.437 e. The Balaban J connectivity index is 1.36. The van der Waals surface area contributed by atoms with Gasteiger partial charge in [0.05, 0.1) is 11.4 Å². The minimum Gasteiger partial charge on any atom is -0.390 e. The van der Waals surface area contributed by atoms with E-state index in [4.69, 9.17) is 16.0 Å². The van der Waals surface area contributed by atoms with Gasteiger partial charge in [-0.1, -0.05) is 23.7 Å². The van der Waals surface area contributed by atoms with Crippen molar-refractivity contribution in [3.05, 3.63) is 86.3 Å². The van der Waals surface area contributed by atoms with Crippen molar-refractivity contribution >= 4 is 22.6 Å². The molecule has 3 aromatic heterocycles. The maximum absolute atomic E-state index is 15.1. The van der Waals surface area contributed by atoms with Gasteiger partial charge in [0.1, 0.15) is 18.5 Å². The van der Waals surface area contributed by atoms with Crippen LogP contribution in [0.5, 0.6) is 0 Å². The smallest absolute Gasteiger partial charge is 0.390 e. The molecule has 0 bridgehead atoms. The molecule has 0 spiro atoms. The van der Waals surface area contributed by atoms with Crippen LogP contribution >= 0.6 is 11.6 Å². The molecule has 0 radical (unpaired) electrons. The number of aromatic nitrogens is 5. The normalized spacial score (nSPS) is 20.9. The van der Waals surface area contributed by atoms with Gasteiger partial charge in [0.2, 0.25) is 5.89 Å². The number of halogens is 2. The zero-order chi connectivity index (χ0) is 20.9. The second-order valence-corrected chi connectivity index (χ2v) is 7.73. The number of hydrogen-bond acceptors (Lipinski definition) is 6. The molecular formula is C20H15ClFN5O3. The van der Waals surface area contributed by atoms with E-state index in [1.54, 1.807) is 42.6 Å². The van der Waals surface area contributed by atoms with Crippen LogP contribution in [-0.4, -0.2) is 24.3 Å². The Labute approximate surface area is 173 Å². The summed E-state index contributed by atoms with van der Waals surface area (Å²) in [6, 6.07) is 9.40. The van der Waals surface area contributed by atoms with Crippen LogP contribution < -0.4 is 11.3 Å². The number of rotatable bonds is 4. The number of benzene rings is 1. The van der Waals surface area contributed by atoms with Crippen molar-refractivity contribution in [1.29, 1.82) is 0 Å². The van der Waals surface area contributed by atoms with E-state index >= 15 is 4.39 Å². The first-order chi connectivity index (χ1) is 14.4. The van der Waals surface area contributed by atoms with Gasteiger partial charge in [-0.2, -0.15) is 4.68 Å². The quantitative estimate of drug-likeness (QED) is 0.497. The number of alkyl halides is 1. The lowest BCUT2D eigenvalue weighted by Gasteiger charge is -2.40. The van der Waals surface area contributed by atoms with Crippen LogP contribution in [0, 0.1) is 0 Å². The third kappa shape index (κ3) is 3.11. The summed E-state index contributed by atoms with van der Waals surface area (Å²) < 4.78 is 22.7. The first-order valence-corrected chi connectivity index (χ1v) is 9.64. The summed E-state index contributed by atoms with van der Waals surface area (Å²) in [5.41, 5.74) is -1.01. The topological polar surface area (TPSA) is 95.8 Å². The van der Waals surface area contributed by atoms with Crippen LogP contribution in [0.25, 0.3) is 11.0 Å². The molecule has 1 saturated carbocycles. The Morgan fingerprint density at radius 3 is 2.70 bits per heavy atom. The van der Waals surface area contributed by atoms with Gasteiger partial charge >= 0.3 is 5.76 Å². The highest BCUT2D eigenvalue weighted by atomic mass is 35.5. The Morgan fingerprint density at radius 1 is 1.17 bits per heavy atom. The van der Waals surface area contributed by atoms with Crippen LogP contribution in [0.4, 0.5) is 4.39 Å². The van der Waals surface area contributed by atoms with E-state index in [-0.39, 0.29) is 30.8 Å². The Hall–Kier alpha value is -3.33. The number of nitrogens with zero attached hydrogens (tertiary/aromatic N) is 5.